The minimum absolute atomic E-state index is 0.379. The van der Waals surface area contributed by atoms with Crippen LogP contribution >= 0.6 is 11.6 Å². The predicted octanol–water partition coefficient (Wildman–Crippen LogP) is 3.29. The van der Waals surface area contributed by atoms with Gasteiger partial charge in [-0.15, -0.1) is 0 Å². The lowest BCUT2D eigenvalue weighted by atomic mass is 9.84. The third kappa shape index (κ3) is 3.30. The number of hydrogen-bond donors (Lipinski definition) is 2. The fourth-order valence-corrected chi connectivity index (χ4v) is 3.05. The van der Waals surface area contributed by atoms with Crippen molar-refractivity contribution in [2.75, 3.05) is 26.1 Å². The van der Waals surface area contributed by atoms with Crippen LogP contribution in [0.25, 0.3) is 0 Å². The van der Waals surface area contributed by atoms with Crippen LogP contribution in [0.2, 0.25) is 5.02 Å². The van der Waals surface area contributed by atoms with Gasteiger partial charge in [0.1, 0.15) is 0 Å². The maximum Gasteiger partial charge on any atom is 0.162 e. The predicted molar refractivity (Wildman–Crippen MR) is 83.0 cm³/mol. The van der Waals surface area contributed by atoms with Crippen molar-refractivity contribution in [1.29, 1.82) is 0 Å². The summed E-state index contributed by atoms with van der Waals surface area (Å²) in [4.78, 5) is 0. The molecule has 0 bridgehead atoms. The molecular weight excluding hydrogens is 276 g/mol. The average molecular weight is 299 g/mol. The molecule has 1 aliphatic carbocycles. The highest BCUT2D eigenvalue weighted by molar-refractivity contribution is 6.33. The van der Waals surface area contributed by atoms with Crippen LogP contribution < -0.4 is 20.5 Å². The summed E-state index contributed by atoms with van der Waals surface area (Å²) in [5.74, 6) is 1.83. The lowest BCUT2D eigenvalue weighted by molar-refractivity contribution is 0.332. The Bertz CT molecular complexity index is 454. The van der Waals surface area contributed by atoms with E-state index in [1.165, 1.54) is 19.3 Å². The van der Waals surface area contributed by atoms with Gasteiger partial charge in [-0.25, -0.2) is 0 Å². The Balaban J connectivity index is 2.19. The minimum atomic E-state index is 0.379. The Morgan fingerprint density at radius 1 is 1.20 bits per heavy atom. The molecule has 1 aliphatic rings. The normalized spacial score (nSPS) is 22.4. The second kappa shape index (κ2) is 7.04. The van der Waals surface area contributed by atoms with Crippen molar-refractivity contribution in [3.05, 3.63) is 17.2 Å². The summed E-state index contributed by atoms with van der Waals surface area (Å²) < 4.78 is 10.6. The molecule has 2 rings (SSSR count). The van der Waals surface area contributed by atoms with Gasteiger partial charge >= 0.3 is 0 Å². The van der Waals surface area contributed by atoms with Gasteiger partial charge in [0.2, 0.25) is 0 Å². The van der Waals surface area contributed by atoms with Crippen LogP contribution in [0.1, 0.15) is 25.7 Å². The first-order valence-electron chi connectivity index (χ1n) is 7.07. The number of methoxy groups -OCH3 is 2. The summed E-state index contributed by atoms with van der Waals surface area (Å²) in [5.41, 5.74) is 6.75. The molecule has 20 heavy (non-hydrogen) atoms. The summed E-state index contributed by atoms with van der Waals surface area (Å²) in [6.45, 7) is 0.711. The zero-order valence-electron chi connectivity index (χ0n) is 12.1. The molecule has 112 valence electrons. The highest BCUT2D eigenvalue weighted by Crippen LogP contribution is 2.37. The van der Waals surface area contributed by atoms with Gasteiger partial charge in [0, 0.05) is 18.2 Å². The first-order chi connectivity index (χ1) is 9.69. The molecule has 4 nitrogen and oxygen atoms in total. The Hall–Kier alpha value is -1.13. The lowest BCUT2D eigenvalue weighted by Gasteiger charge is -2.32. The van der Waals surface area contributed by atoms with E-state index in [1.807, 2.05) is 6.07 Å². The Labute approximate surface area is 125 Å². The molecular formula is C15H23ClN2O2. The zero-order valence-corrected chi connectivity index (χ0v) is 12.9. The first-order valence-corrected chi connectivity index (χ1v) is 7.45. The average Bonchev–Trinajstić information content (AvgIpc) is 2.49. The smallest absolute Gasteiger partial charge is 0.162 e. The van der Waals surface area contributed by atoms with Gasteiger partial charge in [-0.3, -0.25) is 0 Å². The van der Waals surface area contributed by atoms with Crippen LogP contribution in [-0.4, -0.2) is 26.8 Å². The lowest BCUT2D eigenvalue weighted by Crippen LogP contribution is -2.36. The molecule has 0 amide bonds. The van der Waals surface area contributed by atoms with Gasteiger partial charge in [0.25, 0.3) is 0 Å². The number of halogens is 1. The highest BCUT2D eigenvalue weighted by Gasteiger charge is 2.24. The monoisotopic (exact) mass is 298 g/mol. The number of rotatable bonds is 5. The van der Waals surface area contributed by atoms with Crippen molar-refractivity contribution >= 4 is 17.3 Å². The minimum Gasteiger partial charge on any atom is -0.493 e. The first kappa shape index (κ1) is 15.3. The third-order valence-corrected chi connectivity index (χ3v) is 4.34. The maximum atomic E-state index is 6.32. The largest absolute Gasteiger partial charge is 0.493 e. The van der Waals surface area contributed by atoms with E-state index >= 15 is 0 Å². The molecule has 0 spiro atoms. The van der Waals surface area contributed by atoms with Gasteiger partial charge < -0.3 is 20.5 Å². The van der Waals surface area contributed by atoms with Crippen molar-refractivity contribution in [2.45, 2.75) is 31.7 Å². The van der Waals surface area contributed by atoms with Gasteiger partial charge in [-0.1, -0.05) is 24.4 Å². The Morgan fingerprint density at radius 3 is 2.50 bits per heavy atom. The summed E-state index contributed by atoms with van der Waals surface area (Å²) in [6.07, 6.45) is 4.81. The molecule has 2 unspecified atom stereocenters. The molecule has 0 saturated heterocycles. The summed E-state index contributed by atoms with van der Waals surface area (Å²) in [6, 6.07) is 4.05. The van der Waals surface area contributed by atoms with Crippen LogP contribution in [0.15, 0.2) is 12.1 Å². The zero-order chi connectivity index (χ0) is 14.5. The fourth-order valence-electron chi connectivity index (χ4n) is 2.84. The molecule has 1 aromatic rings. The summed E-state index contributed by atoms with van der Waals surface area (Å²) in [5, 5.41) is 4.17. The van der Waals surface area contributed by atoms with Crippen LogP contribution in [0.3, 0.4) is 0 Å². The van der Waals surface area contributed by atoms with Crippen LogP contribution in [0, 0.1) is 5.92 Å². The van der Waals surface area contributed by atoms with E-state index in [-0.39, 0.29) is 0 Å². The van der Waals surface area contributed by atoms with Crippen molar-refractivity contribution in [2.24, 2.45) is 11.7 Å². The number of nitrogens with two attached hydrogens (primary N) is 1. The molecule has 2 atom stereocenters. The maximum absolute atomic E-state index is 6.32. The van der Waals surface area contributed by atoms with Crippen LogP contribution in [-0.2, 0) is 0 Å². The standard InChI is InChI=1S/C15H23ClN2O2/c1-19-14-7-11(16)13(8-15(14)20-2)18-12-6-4-3-5-10(12)9-17/h7-8,10,12,18H,3-6,9,17H2,1-2H3. The van der Waals surface area contributed by atoms with Crippen molar-refractivity contribution in [3.8, 4) is 11.5 Å². The molecule has 0 radical (unpaired) electrons. The van der Waals surface area contributed by atoms with Crippen molar-refractivity contribution < 1.29 is 9.47 Å². The molecule has 0 aliphatic heterocycles. The topological polar surface area (TPSA) is 56.5 Å². The quantitative estimate of drug-likeness (QED) is 0.876. The number of ether oxygens (including phenoxy) is 2. The number of nitrogens with one attached hydrogen (secondary N) is 1. The van der Waals surface area contributed by atoms with Crippen molar-refractivity contribution in [1.82, 2.24) is 0 Å². The SMILES string of the molecule is COc1cc(Cl)c(NC2CCCCC2CN)cc1OC. The molecule has 3 N–H and O–H groups in total. The van der Waals surface area contributed by atoms with E-state index in [2.05, 4.69) is 5.32 Å². The molecule has 1 aromatic carbocycles. The molecule has 1 saturated carbocycles. The van der Waals surface area contributed by atoms with Gasteiger partial charge in [-0.05, 0) is 25.3 Å². The van der Waals surface area contributed by atoms with E-state index in [4.69, 9.17) is 26.8 Å². The van der Waals surface area contributed by atoms with Crippen LogP contribution in [0.4, 0.5) is 5.69 Å². The van der Waals surface area contributed by atoms with Gasteiger partial charge in [0.05, 0.1) is 24.9 Å². The van der Waals surface area contributed by atoms with E-state index in [0.29, 0.717) is 35.0 Å². The number of hydrogen-bond acceptors (Lipinski definition) is 4. The molecule has 5 heteroatoms. The Kier molecular flexibility index (Phi) is 5.38. The van der Waals surface area contributed by atoms with E-state index in [1.54, 1.807) is 20.3 Å². The number of benzene rings is 1. The summed E-state index contributed by atoms with van der Waals surface area (Å²) in [7, 11) is 3.23. The van der Waals surface area contributed by atoms with E-state index in [0.717, 1.165) is 12.1 Å². The number of anilines is 1. The summed E-state index contributed by atoms with van der Waals surface area (Å²) >= 11 is 6.32. The van der Waals surface area contributed by atoms with Crippen molar-refractivity contribution in [3.63, 3.8) is 0 Å². The van der Waals surface area contributed by atoms with Crippen LogP contribution in [0.5, 0.6) is 11.5 Å². The highest BCUT2D eigenvalue weighted by atomic mass is 35.5. The van der Waals surface area contributed by atoms with E-state index < -0.39 is 0 Å². The van der Waals surface area contributed by atoms with E-state index in [9.17, 15) is 0 Å². The molecule has 0 heterocycles. The fraction of sp³-hybridized carbons (Fsp3) is 0.600. The van der Waals surface area contributed by atoms with Gasteiger partial charge in [0.15, 0.2) is 11.5 Å². The van der Waals surface area contributed by atoms with Gasteiger partial charge in [-0.2, -0.15) is 0 Å². The second-order valence-corrected chi connectivity index (χ2v) is 5.63. The Morgan fingerprint density at radius 2 is 1.85 bits per heavy atom. The third-order valence-electron chi connectivity index (χ3n) is 4.03. The second-order valence-electron chi connectivity index (χ2n) is 5.22. The molecule has 0 aromatic heterocycles. The molecule has 1 fully saturated rings.